The van der Waals surface area contributed by atoms with Gasteiger partial charge in [0.1, 0.15) is 11.4 Å². The average molecular weight is 392 g/mol. The third-order valence-corrected chi connectivity index (χ3v) is 6.96. The Balaban J connectivity index is 1.63. The van der Waals surface area contributed by atoms with Crippen LogP contribution in [0.5, 0.6) is 0 Å². The van der Waals surface area contributed by atoms with Crippen LogP contribution in [0.2, 0.25) is 0 Å². The van der Waals surface area contributed by atoms with Gasteiger partial charge in [-0.05, 0) is 36.4 Å². The monoisotopic (exact) mass is 392 g/mol. The van der Waals surface area contributed by atoms with Crippen molar-refractivity contribution in [3.8, 4) is 10.7 Å². The SMILES string of the molecule is O=c1c(S(=O)(=O)N2CCCC2)cccn1Cc1nc(-c2cccs2)no1. The van der Waals surface area contributed by atoms with Crippen molar-refractivity contribution in [3.05, 3.63) is 52.1 Å². The fourth-order valence-electron chi connectivity index (χ4n) is 2.87. The smallest absolute Gasteiger partial charge is 0.271 e. The van der Waals surface area contributed by atoms with Gasteiger partial charge >= 0.3 is 0 Å². The van der Waals surface area contributed by atoms with E-state index in [1.807, 2.05) is 17.5 Å². The molecule has 0 aliphatic carbocycles. The zero-order chi connectivity index (χ0) is 18.1. The van der Waals surface area contributed by atoms with Crippen LogP contribution < -0.4 is 5.56 Å². The van der Waals surface area contributed by atoms with Gasteiger partial charge in [0.25, 0.3) is 5.56 Å². The van der Waals surface area contributed by atoms with Crippen molar-refractivity contribution in [1.82, 2.24) is 19.0 Å². The Morgan fingerprint density at radius 1 is 1.19 bits per heavy atom. The maximum Gasteiger partial charge on any atom is 0.271 e. The normalized spacial score (nSPS) is 15.5. The molecule has 1 aliphatic rings. The number of pyridine rings is 1. The molecule has 0 radical (unpaired) electrons. The summed E-state index contributed by atoms with van der Waals surface area (Å²) >= 11 is 1.48. The molecule has 4 rings (SSSR count). The first-order chi connectivity index (χ1) is 12.6. The van der Waals surface area contributed by atoms with E-state index >= 15 is 0 Å². The molecule has 136 valence electrons. The second kappa shape index (κ2) is 6.78. The number of hydrogen-bond acceptors (Lipinski definition) is 7. The van der Waals surface area contributed by atoms with Crippen LogP contribution in [-0.2, 0) is 16.6 Å². The van der Waals surface area contributed by atoms with Gasteiger partial charge in [-0.3, -0.25) is 4.79 Å². The summed E-state index contributed by atoms with van der Waals surface area (Å²) in [4.78, 5) is 17.6. The Morgan fingerprint density at radius 3 is 2.73 bits per heavy atom. The molecule has 0 atom stereocenters. The van der Waals surface area contributed by atoms with Crippen molar-refractivity contribution < 1.29 is 12.9 Å². The Labute approximate surface area is 153 Å². The minimum atomic E-state index is -3.78. The van der Waals surface area contributed by atoms with Gasteiger partial charge in [0.2, 0.25) is 21.7 Å². The topological polar surface area (TPSA) is 98.3 Å². The van der Waals surface area contributed by atoms with Crippen molar-refractivity contribution in [2.75, 3.05) is 13.1 Å². The van der Waals surface area contributed by atoms with Crippen LogP contribution in [0.3, 0.4) is 0 Å². The molecule has 1 fully saturated rings. The Bertz CT molecular complexity index is 1060. The molecule has 1 saturated heterocycles. The minimum absolute atomic E-state index is 0.0145. The van der Waals surface area contributed by atoms with Crippen molar-refractivity contribution in [2.45, 2.75) is 24.3 Å². The molecule has 3 aromatic heterocycles. The van der Waals surface area contributed by atoms with Gasteiger partial charge in [-0.15, -0.1) is 11.3 Å². The molecular formula is C16H16N4O4S2. The highest BCUT2D eigenvalue weighted by molar-refractivity contribution is 7.89. The first-order valence-corrected chi connectivity index (χ1v) is 10.4. The predicted octanol–water partition coefficient (Wildman–Crippen LogP) is 1.79. The van der Waals surface area contributed by atoms with E-state index in [4.69, 9.17) is 4.52 Å². The van der Waals surface area contributed by atoms with Crippen molar-refractivity contribution in [2.24, 2.45) is 0 Å². The Kier molecular flexibility index (Phi) is 4.47. The molecule has 0 aromatic carbocycles. The third kappa shape index (κ3) is 3.11. The maximum atomic E-state index is 12.7. The van der Waals surface area contributed by atoms with Gasteiger partial charge in [0, 0.05) is 19.3 Å². The number of aromatic nitrogens is 3. The second-order valence-corrected chi connectivity index (χ2v) is 8.76. The van der Waals surface area contributed by atoms with E-state index in [2.05, 4.69) is 10.1 Å². The lowest BCUT2D eigenvalue weighted by Gasteiger charge is -2.15. The van der Waals surface area contributed by atoms with Gasteiger partial charge in [0.15, 0.2) is 0 Å². The first kappa shape index (κ1) is 17.1. The third-order valence-electron chi connectivity index (χ3n) is 4.18. The van der Waals surface area contributed by atoms with Crippen molar-refractivity contribution >= 4 is 21.4 Å². The van der Waals surface area contributed by atoms with Crippen LogP contribution in [0, 0.1) is 0 Å². The van der Waals surface area contributed by atoms with Crippen LogP contribution in [0.4, 0.5) is 0 Å². The van der Waals surface area contributed by atoms with E-state index in [1.165, 1.54) is 32.5 Å². The maximum absolute atomic E-state index is 12.7. The Hall–Kier alpha value is -2.30. The molecule has 0 saturated carbocycles. The standard InChI is InChI=1S/C16H16N4O4S2/c21-16-13(26(22,23)20-8-1-2-9-20)6-3-7-19(16)11-14-17-15(18-24-14)12-5-4-10-25-12/h3-7,10H,1-2,8-9,11H2. The summed E-state index contributed by atoms with van der Waals surface area (Å²) in [5.74, 6) is 0.690. The molecule has 8 nitrogen and oxygen atoms in total. The number of thiophene rings is 1. The molecule has 10 heteroatoms. The van der Waals surface area contributed by atoms with Gasteiger partial charge in [-0.2, -0.15) is 9.29 Å². The lowest BCUT2D eigenvalue weighted by molar-refractivity contribution is 0.369. The molecule has 0 unspecified atom stereocenters. The molecule has 0 N–H and O–H groups in total. The predicted molar refractivity (Wildman–Crippen MR) is 95.4 cm³/mol. The average Bonchev–Trinajstić information content (AvgIpc) is 3.38. The fraction of sp³-hybridized carbons (Fsp3) is 0.312. The van der Waals surface area contributed by atoms with Crippen LogP contribution in [0.25, 0.3) is 10.7 Å². The van der Waals surface area contributed by atoms with Gasteiger partial charge in [-0.1, -0.05) is 11.2 Å². The molecular weight excluding hydrogens is 376 g/mol. The van der Waals surface area contributed by atoms with E-state index in [0.29, 0.717) is 18.9 Å². The van der Waals surface area contributed by atoms with Gasteiger partial charge in [-0.25, -0.2) is 8.42 Å². The molecule has 1 aliphatic heterocycles. The summed E-state index contributed by atoms with van der Waals surface area (Å²) in [5.41, 5.74) is -0.588. The van der Waals surface area contributed by atoms with Crippen LogP contribution in [0.1, 0.15) is 18.7 Å². The summed E-state index contributed by atoms with van der Waals surface area (Å²) in [6, 6.07) is 6.64. The highest BCUT2D eigenvalue weighted by Gasteiger charge is 2.30. The van der Waals surface area contributed by atoms with Crippen LogP contribution >= 0.6 is 11.3 Å². The largest absolute Gasteiger partial charge is 0.337 e. The summed E-state index contributed by atoms with van der Waals surface area (Å²) in [5, 5.41) is 5.81. The molecule has 0 amide bonds. The zero-order valence-corrected chi connectivity index (χ0v) is 15.4. The molecule has 0 spiro atoms. The quantitative estimate of drug-likeness (QED) is 0.657. The molecule has 26 heavy (non-hydrogen) atoms. The number of nitrogens with zero attached hydrogens (tertiary/aromatic N) is 4. The summed E-state index contributed by atoms with van der Waals surface area (Å²) < 4.78 is 33.2. The molecule has 3 aromatic rings. The lowest BCUT2D eigenvalue weighted by atomic mass is 10.4. The van der Waals surface area contributed by atoms with E-state index in [0.717, 1.165) is 17.7 Å². The van der Waals surface area contributed by atoms with E-state index < -0.39 is 15.6 Å². The summed E-state index contributed by atoms with van der Waals surface area (Å²) in [6.45, 7) is 0.912. The Morgan fingerprint density at radius 2 is 2.00 bits per heavy atom. The van der Waals surface area contributed by atoms with Crippen LogP contribution in [0.15, 0.2) is 50.1 Å². The minimum Gasteiger partial charge on any atom is -0.337 e. The number of sulfonamides is 1. The fourth-order valence-corrected chi connectivity index (χ4v) is 5.13. The lowest BCUT2D eigenvalue weighted by Crippen LogP contribution is -2.34. The highest BCUT2D eigenvalue weighted by atomic mass is 32.2. The number of rotatable bonds is 5. The van der Waals surface area contributed by atoms with Crippen molar-refractivity contribution in [1.29, 1.82) is 0 Å². The van der Waals surface area contributed by atoms with Crippen LogP contribution in [-0.4, -0.2) is 40.5 Å². The van der Waals surface area contributed by atoms with E-state index in [1.54, 1.807) is 6.07 Å². The van der Waals surface area contributed by atoms with Gasteiger partial charge < -0.3 is 9.09 Å². The highest BCUT2D eigenvalue weighted by Crippen LogP contribution is 2.21. The van der Waals surface area contributed by atoms with E-state index in [9.17, 15) is 13.2 Å². The summed E-state index contributed by atoms with van der Waals surface area (Å²) in [7, 11) is -3.78. The first-order valence-electron chi connectivity index (χ1n) is 8.12. The van der Waals surface area contributed by atoms with E-state index in [-0.39, 0.29) is 17.3 Å². The second-order valence-electron chi connectivity index (χ2n) is 5.91. The molecule has 4 heterocycles. The van der Waals surface area contributed by atoms with Crippen molar-refractivity contribution in [3.63, 3.8) is 0 Å². The number of hydrogen-bond donors (Lipinski definition) is 0. The zero-order valence-electron chi connectivity index (χ0n) is 13.7. The summed E-state index contributed by atoms with van der Waals surface area (Å²) in [6.07, 6.45) is 3.14. The molecule has 0 bridgehead atoms. The van der Waals surface area contributed by atoms with Gasteiger partial charge in [0.05, 0.1) is 4.88 Å².